The van der Waals surface area contributed by atoms with Crippen LogP contribution in [0, 0.1) is 11.8 Å². The predicted molar refractivity (Wildman–Crippen MR) is 64.4 cm³/mol. The van der Waals surface area contributed by atoms with Crippen molar-refractivity contribution in [2.45, 2.75) is 26.2 Å². The minimum atomic E-state index is 0.590. The molecule has 1 rings (SSSR count). The van der Waals surface area contributed by atoms with Gasteiger partial charge in [-0.3, -0.25) is 5.43 Å². The van der Waals surface area contributed by atoms with Crippen molar-refractivity contribution in [1.29, 1.82) is 0 Å². The van der Waals surface area contributed by atoms with Gasteiger partial charge in [-0.1, -0.05) is 25.6 Å². The molecule has 1 aliphatic carbocycles. The Hall–Kier alpha value is -0.640. The van der Waals surface area contributed by atoms with Crippen LogP contribution >= 0.6 is 12.2 Å². The maximum atomic E-state index is 4.70. The number of nitrogens with one attached hydrogen (secondary N) is 1. The molecule has 1 saturated carbocycles. The Kier molecular flexibility index (Phi) is 4.32. The summed E-state index contributed by atoms with van der Waals surface area (Å²) in [6.07, 6.45) is 3.88. The molecule has 0 aromatic carbocycles. The van der Waals surface area contributed by atoms with Gasteiger partial charge in [-0.05, 0) is 18.8 Å². The van der Waals surface area contributed by atoms with E-state index >= 15 is 0 Å². The standard InChI is InChI=1S/C10H19N3S/c1-8-5-4-6-9(8)10(13(2)3)12-11-7-14/h7-9H,4-6H2,1-3H3,(H,11,14)/b12-10-. The quantitative estimate of drug-likeness (QED) is 0.335. The van der Waals surface area contributed by atoms with Gasteiger partial charge in [-0.15, -0.1) is 0 Å². The van der Waals surface area contributed by atoms with E-state index in [4.69, 9.17) is 12.2 Å². The Bertz CT molecular complexity index is 225. The molecule has 0 spiro atoms. The van der Waals surface area contributed by atoms with Gasteiger partial charge in [0, 0.05) is 20.0 Å². The summed E-state index contributed by atoms with van der Waals surface area (Å²) < 4.78 is 0. The Labute approximate surface area is 91.6 Å². The third-order valence-corrected chi connectivity index (χ3v) is 2.99. The Balaban J connectivity index is 2.71. The molecule has 1 fully saturated rings. The van der Waals surface area contributed by atoms with Gasteiger partial charge >= 0.3 is 0 Å². The SMILES string of the molecule is CC1CCCC1/C(=N/NC=S)N(C)C. The molecule has 0 saturated heterocycles. The van der Waals surface area contributed by atoms with Crippen molar-refractivity contribution in [1.82, 2.24) is 10.3 Å². The van der Waals surface area contributed by atoms with E-state index in [0.29, 0.717) is 5.92 Å². The smallest absolute Gasteiger partial charge is 0.128 e. The van der Waals surface area contributed by atoms with Crippen LogP contribution in [0.5, 0.6) is 0 Å². The molecule has 14 heavy (non-hydrogen) atoms. The average molecular weight is 213 g/mol. The maximum absolute atomic E-state index is 4.70. The van der Waals surface area contributed by atoms with Crippen molar-refractivity contribution in [3.05, 3.63) is 0 Å². The normalized spacial score (nSPS) is 27.5. The minimum absolute atomic E-state index is 0.590. The van der Waals surface area contributed by atoms with Crippen molar-refractivity contribution >= 4 is 23.5 Å². The van der Waals surface area contributed by atoms with Crippen LogP contribution in [0.3, 0.4) is 0 Å². The second-order valence-corrected chi connectivity index (χ2v) is 4.36. The first-order valence-electron chi connectivity index (χ1n) is 5.11. The molecular weight excluding hydrogens is 194 g/mol. The van der Waals surface area contributed by atoms with Gasteiger partial charge < -0.3 is 4.90 Å². The Morgan fingerprint density at radius 3 is 2.64 bits per heavy atom. The summed E-state index contributed by atoms with van der Waals surface area (Å²) in [4.78, 5) is 2.08. The minimum Gasteiger partial charge on any atom is -0.364 e. The molecule has 0 aliphatic heterocycles. The first-order chi connectivity index (χ1) is 6.66. The van der Waals surface area contributed by atoms with Crippen LogP contribution in [0.25, 0.3) is 0 Å². The van der Waals surface area contributed by atoms with Gasteiger partial charge in [0.15, 0.2) is 0 Å². The lowest BCUT2D eigenvalue weighted by Gasteiger charge is -2.23. The maximum Gasteiger partial charge on any atom is 0.128 e. The number of rotatable bonds is 3. The van der Waals surface area contributed by atoms with Gasteiger partial charge in [0.2, 0.25) is 0 Å². The summed E-state index contributed by atoms with van der Waals surface area (Å²) in [6.45, 7) is 2.30. The summed E-state index contributed by atoms with van der Waals surface area (Å²) in [7, 11) is 4.07. The van der Waals surface area contributed by atoms with Crippen molar-refractivity contribution in [3.63, 3.8) is 0 Å². The fourth-order valence-electron chi connectivity index (χ4n) is 2.14. The molecule has 0 aromatic heterocycles. The van der Waals surface area contributed by atoms with Gasteiger partial charge in [0.05, 0.1) is 5.49 Å². The largest absolute Gasteiger partial charge is 0.364 e. The van der Waals surface area contributed by atoms with E-state index in [1.54, 1.807) is 0 Å². The average Bonchev–Trinajstić information content (AvgIpc) is 2.52. The predicted octanol–water partition coefficient (Wildman–Crippen LogP) is 1.84. The molecule has 1 N–H and O–H groups in total. The van der Waals surface area contributed by atoms with Gasteiger partial charge in [-0.25, -0.2) is 0 Å². The fourth-order valence-corrected chi connectivity index (χ4v) is 2.19. The van der Waals surface area contributed by atoms with Crippen molar-refractivity contribution in [3.8, 4) is 0 Å². The zero-order chi connectivity index (χ0) is 10.6. The summed E-state index contributed by atoms with van der Waals surface area (Å²) in [6, 6.07) is 0. The summed E-state index contributed by atoms with van der Waals surface area (Å²) >= 11 is 4.70. The second kappa shape index (κ2) is 5.29. The van der Waals surface area contributed by atoms with E-state index in [1.807, 2.05) is 14.1 Å². The first kappa shape index (κ1) is 11.4. The van der Waals surface area contributed by atoms with Crippen LogP contribution in [0.15, 0.2) is 5.10 Å². The second-order valence-electron chi connectivity index (χ2n) is 4.13. The van der Waals surface area contributed by atoms with Crippen LogP contribution in [0.1, 0.15) is 26.2 Å². The lowest BCUT2D eigenvalue weighted by Crippen LogP contribution is -2.33. The molecule has 80 valence electrons. The number of hydrogen-bond donors (Lipinski definition) is 1. The van der Waals surface area contributed by atoms with E-state index in [9.17, 15) is 0 Å². The number of amidine groups is 1. The third kappa shape index (κ3) is 2.67. The molecule has 0 radical (unpaired) electrons. The molecule has 4 heteroatoms. The fraction of sp³-hybridized carbons (Fsp3) is 0.800. The Morgan fingerprint density at radius 1 is 1.50 bits per heavy atom. The topological polar surface area (TPSA) is 27.6 Å². The van der Waals surface area contributed by atoms with Gasteiger partial charge in [0.25, 0.3) is 0 Å². The van der Waals surface area contributed by atoms with E-state index in [1.165, 1.54) is 24.8 Å². The van der Waals surface area contributed by atoms with E-state index < -0.39 is 0 Å². The van der Waals surface area contributed by atoms with E-state index in [-0.39, 0.29) is 0 Å². The van der Waals surface area contributed by atoms with Crippen molar-refractivity contribution in [2.75, 3.05) is 14.1 Å². The van der Waals surface area contributed by atoms with Crippen LogP contribution in [0.4, 0.5) is 0 Å². The van der Waals surface area contributed by atoms with Crippen molar-refractivity contribution in [2.24, 2.45) is 16.9 Å². The molecular formula is C10H19N3S. The number of hydrogen-bond acceptors (Lipinski definition) is 2. The molecule has 0 aromatic rings. The van der Waals surface area contributed by atoms with E-state index in [0.717, 1.165) is 11.8 Å². The number of nitrogens with zero attached hydrogens (tertiary/aromatic N) is 2. The Morgan fingerprint density at radius 2 is 2.21 bits per heavy atom. The monoisotopic (exact) mass is 213 g/mol. The highest BCUT2D eigenvalue weighted by Crippen LogP contribution is 2.32. The summed E-state index contributed by atoms with van der Waals surface area (Å²) in [5.41, 5.74) is 4.21. The van der Waals surface area contributed by atoms with E-state index in [2.05, 4.69) is 22.4 Å². The van der Waals surface area contributed by atoms with Gasteiger partial charge in [-0.2, -0.15) is 5.10 Å². The molecule has 2 unspecified atom stereocenters. The zero-order valence-corrected chi connectivity index (χ0v) is 9.97. The zero-order valence-electron chi connectivity index (χ0n) is 9.16. The van der Waals surface area contributed by atoms with Crippen LogP contribution in [-0.4, -0.2) is 30.3 Å². The van der Waals surface area contributed by atoms with Crippen LogP contribution < -0.4 is 5.43 Å². The molecule has 1 aliphatic rings. The molecule has 3 nitrogen and oxygen atoms in total. The summed E-state index contributed by atoms with van der Waals surface area (Å²) in [5, 5.41) is 4.31. The molecule has 0 heterocycles. The number of thiocarbonyl (C=S) groups is 1. The molecule has 2 atom stereocenters. The first-order valence-corrected chi connectivity index (χ1v) is 5.58. The van der Waals surface area contributed by atoms with Gasteiger partial charge in [0.1, 0.15) is 5.84 Å². The van der Waals surface area contributed by atoms with Crippen molar-refractivity contribution < 1.29 is 0 Å². The molecule has 0 amide bonds. The highest BCUT2D eigenvalue weighted by Gasteiger charge is 2.29. The lowest BCUT2D eigenvalue weighted by atomic mass is 9.96. The number of hydrazone groups is 1. The highest BCUT2D eigenvalue weighted by atomic mass is 32.1. The highest BCUT2D eigenvalue weighted by molar-refractivity contribution is 7.78. The van der Waals surface area contributed by atoms with Crippen LogP contribution in [0.2, 0.25) is 0 Å². The summed E-state index contributed by atoms with van der Waals surface area (Å²) in [5.74, 6) is 2.45. The van der Waals surface area contributed by atoms with Crippen LogP contribution in [-0.2, 0) is 0 Å². The lowest BCUT2D eigenvalue weighted by molar-refractivity contribution is 0.466. The third-order valence-electron chi connectivity index (χ3n) is 2.88. The molecule has 0 bridgehead atoms.